The first-order valence-corrected chi connectivity index (χ1v) is 6.10. The van der Waals surface area contributed by atoms with Gasteiger partial charge in [-0.05, 0) is 12.1 Å². The number of nitrogens with two attached hydrogens (primary N) is 1. The molecule has 1 aromatic heterocycles. The fourth-order valence-corrected chi connectivity index (χ4v) is 1.94. The Morgan fingerprint density at radius 3 is 2.95 bits per heavy atom. The van der Waals surface area contributed by atoms with Crippen molar-refractivity contribution in [3.63, 3.8) is 0 Å². The van der Waals surface area contributed by atoms with E-state index in [1.807, 2.05) is 26.1 Å². The number of fused-ring (bicyclic) bond motifs is 1. The van der Waals surface area contributed by atoms with Gasteiger partial charge in [0.05, 0.1) is 11.6 Å². The molecule has 2 rings (SSSR count). The molecule has 1 aromatic carbocycles. The highest BCUT2D eigenvalue weighted by Gasteiger charge is 2.17. The van der Waals surface area contributed by atoms with Crippen LogP contribution in [0.4, 0.5) is 11.7 Å². The van der Waals surface area contributed by atoms with Crippen molar-refractivity contribution < 1.29 is 9.21 Å². The minimum Gasteiger partial charge on any atom is -0.423 e. The predicted octanol–water partition coefficient (Wildman–Crippen LogP) is 1.23. The van der Waals surface area contributed by atoms with Gasteiger partial charge in [-0.3, -0.25) is 4.79 Å². The van der Waals surface area contributed by atoms with Crippen LogP contribution in [0.3, 0.4) is 0 Å². The Balaban J connectivity index is 2.20. The Morgan fingerprint density at radius 1 is 1.58 bits per heavy atom. The van der Waals surface area contributed by atoms with Gasteiger partial charge in [0.2, 0.25) is 5.91 Å². The van der Waals surface area contributed by atoms with E-state index in [4.69, 9.17) is 10.2 Å². The number of carbonyl (C=O) groups is 1. The van der Waals surface area contributed by atoms with Gasteiger partial charge < -0.3 is 20.4 Å². The molecule has 1 amide bonds. The molecule has 0 spiro atoms. The maximum atomic E-state index is 11.5. The molecule has 6 nitrogen and oxygen atoms in total. The van der Waals surface area contributed by atoms with Crippen LogP contribution in [0.15, 0.2) is 22.6 Å². The Labute approximate surface area is 111 Å². The summed E-state index contributed by atoms with van der Waals surface area (Å²) in [7, 11) is 3.46. The Hall–Kier alpha value is -2.24. The zero-order valence-corrected chi connectivity index (χ0v) is 11.3. The fourth-order valence-electron chi connectivity index (χ4n) is 1.94. The van der Waals surface area contributed by atoms with E-state index in [0.29, 0.717) is 29.3 Å². The highest BCUT2D eigenvalue weighted by molar-refractivity contribution is 5.86. The summed E-state index contributed by atoms with van der Waals surface area (Å²) in [5.41, 5.74) is 7.72. The molecule has 0 radical (unpaired) electrons. The summed E-state index contributed by atoms with van der Waals surface area (Å²) < 4.78 is 5.63. The fraction of sp³-hybridized carbons (Fsp3) is 0.385. The first kappa shape index (κ1) is 13.2. The van der Waals surface area contributed by atoms with Crippen molar-refractivity contribution in [2.24, 2.45) is 5.92 Å². The molecule has 0 saturated heterocycles. The summed E-state index contributed by atoms with van der Waals surface area (Å²) in [5, 5.41) is 2.62. The normalized spacial score (nSPS) is 12.4. The third-order valence-electron chi connectivity index (χ3n) is 3.01. The third-order valence-corrected chi connectivity index (χ3v) is 3.01. The summed E-state index contributed by atoms with van der Waals surface area (Å²) in [5.74, 6) is -0.162. The van der Waals surface area contributed by atoms with Gasteiger partial charge in [-0.2, -0.15) is 4.98 Å². The molecular weight excluding hydrogens is 244 g/mol. The van der Waals surface area contributed by atoms with Crippen molar-refractivity contribution in [3.05, 3.63) is 18.2 Å². The second kappa shape index (κ2) is 5.17. The number of carbonyl (C=O) groups excluding carboxylic acids is 1. The number of nitrogen functional groups attached to an aromatic ring is 1. The molecule has 1 atom stereocenters. The molecule has 1 unspecified atom stereocenters. The molecule has 0 aliphatic carbocycles. The SMILES string of the molecule is CNC(=O)C(C)CN(C)c1nc2c(N)cccc2o1. The number of hydrogen-bond donors (Lipinski definition) is 2. The highest BCUT2D eigenvalue weighted by Crippen LogP contribution is 2.25. The Kier molecular flexibility index (Phi) is 3.59. The van der Waals surface area contributed by atoms with Gasteiger partial charge in [-0.15, -0.1) is 0 Å². The lowest BCUT2D eigenvalue weighted by molar-refractivity contribution is -0.123. The molecule has 2 aromatic rings. The summed E-state index contributed by atoms with van der Waals surface area (Å²) in [6.07, 6.45) is 0. The van der Waals surface area contributed by atoms with Crippen molar-refractivity contribution in [1.82, 2.24) is 10.3 Å². The van der Waals surface area contributed by atoms with Gasteiger partial charge in [-0.1, -0.05) is 13.0 Å². The smallest absolute Gasteiger partial charge is 0.298 e. The quantitative estimate of drug-likeness (QED) is 0.809. The number of para-hydroxylation sites is 1. The van der Waals surface area contributed by atoms with Gasteiger partial charge in [0.25, 0.3) is 6.01 Å². The van der Waals surface area contributed by atoms with E-state index in [0.717, 1.165) is 0 Å². The molecule has 19 heavy (non-hydrogen) atoms. The van der Waals surface area contributed by atoms with Gasteiger partial charge >= 0.3 is 0 Å². The van der Waals surface area contributed by atoms with Gasteiger partial charge in [0.15, 0.2) is 5.58 Å². The van der Waals surface area contributed by atoms with Crippen LogP contribution in [0.25, 0.3) is 11.1 Å². The standard InChI is InChI=1S/C13H18N4O2/c1-8(12(18)15-2)7-17(3)13-16-11-9(14)5-4-6-10(11)19-13/h4-6,8H,7,14H2,1-3H3,(H,15,18). The van der Waals surface area contributed by atoms with E-state index in [1.54, 1.807) is 18.0 Å². The molecule has 6 heteroatoms. The van der Waals surface area contributed by atoms with Gasteiger partial charge in [-0.25, -0.2) is 0 Å². The number of rotatable bonds is 4. The lowest BCUT2D eigenvalue weighted by Gasteiger charge is -2.18. The van der Waals surface area contributed by atoms with Crippen LogP contribution in [0, 0.1) is 5.92 Å². The number of hydrogen-bond acceptors (Lipinski definition) is 5. The largest absolute Gasteiger partial charge is 0.423 e. The number of anilines is 2. The van der Waals surface area contributed by atoms with Crippen LogP contribution in [-0.4, -0.2) is 31.5 Å². The Morgan fingerprint density at radius 2 is 2.32 bits per heavy atom. The van der Waals surface area contributed by atoms with Crippen molar-refractivity contribution >= 4 is 28.7 Å². The maximum absolute atomic E-state index is 11.5. The molecule has 0 aliphatic rings. The zero-order valence-electron chi connectivity index (χ0n) is 11.3. The van der Waals surface area contributed by atoms with Crippen LogP contribution < -0.4 is 16.0 Å². The van der Waals surface area contributed by atoms with Crippen LogP contribution in [0.2, 0.25) is 0 Å². The summed E-state index contributed by atoms with van der Waals surface area (Å²) in [4.78, 5) is 17.7. The van der Waals surface area contributed by atoms with Crippen LogP contribution >= 0.6 is 0 Å². The maximum Gasteiger partial charge on any atom is 0.298 e. The first-order valence-electron chi connectivity index (χ1n) is 6.10. The third kappa shape index (κ3) is 2.62. The van der Waals surface area contributed by atoms with Gasteiger partial charge in [0.1, 0.15) is 5.52 Å². The van der Waals surface area contributed by atoms with E-state index in [-0.39, 0.29) is 11.8 Å². The summed E-state index contributed by atoms with van der Waals surface area (Å²) in [6, 6.07) is 5.88. The number of oxazole rings is 1. The van der Waals surface area contributed by atoms with E-state index in [9.17, 15) is 4.79 Å². The molecule has 0 bridgehead atoms. The topological polar surface area (TPSA) is 84.4 Å². The van der Waals surface area contributed by atoms with Gasteiger partial charge in [0, 0.05) is 20.6 Å². The predicted molar refractivity (Wildman–Crippen MR) is 74.9 cm³/mol. The summed E-state index contributed by atoms with van der Waals surface area (Å²) >= 11 is 0. The van der Waals surface area contributed by atoms with E-state index >= 15 is 0 Å². The molecule has 102 valence electrons. The Bertz CT molecular complexity index is 593. The first-order chi connectivity index (χ1) is 9.02. The molecule has 0 aliphatic heterocycles. The highest BCUT2D eigenvalue weighted by atomic mass is 16.4. The lowest BCUT2D eigenvalue weighted by Crippen LogP contribution is -2.34. The van der Waals surface area contributed by atoms with Crippen LogP contribution in [0.5, 0.6) is 0 Å². The van der Waals surface area contributed by atoms with Crippen molar-refractivity contribution in [3.8, 4) is 0 Å². The molecule has 0 saturated carbocycles. The van der Waals surface area contributed by atoms with Crippen LogP contribution in [0.1, 0.15) is 6.92 Å². The van der Waals surface area contributed by atoms with E-state index in [1.165, 1.54) is 0 Å². The number of nitrogens with zero attached hydrogens (tertiary/aromatic N) is 2. The molecular formula is C13H18N4O2. The second-order valence-corrected chi connectivity index (χ2v) is 4.59. The second-order valence-electron chi connectivity index (χ2n) is 4.59. The van der Waals surface area contributed by atoms with Crippen molar-refractivity contribution in [2.45, 2.75) is 6.92 Å². The number of benzene rings is 1. The van der Waals surface area contributed by atoms with Crippen molar-refractivity contribution in [1.29, 1.82) is 0 Å². The number of aromatic nitrogens is 1. The van der Waals surface area contributed by atoms with Crippen LogP contribution in [-0.2, 0) is 4.79 Å². The van der Waals surface area contributed by atoms with E-state index < -0.39 is 0 Å². The molecule has 0 fully saturated rings. The number of amides is 1. The lowest BCUT2D eigenvalue weighted by atomic mass is 10.1. The zero-order chi connectivity index (χ0) is 14.0. The average molecular weight is 262 g/mol. The minimum atomic E-state index is -0.151. The number of nitrogens with one attached hydrogen (secondary N) is 1. The molecule has 1 heterocycles. The average Bonchev–Trinajstić information content (AvgIpc) is 2.83. The summed E-state index contributed by atoms with van der Waals surface area (Å²) in [6.45, 7) is 2.37. The monoisotopic (exact) mass is 262 g/mol. The van der Waals surface area contributed by atoms with Crippen molar-refractivity contribution in [2.75, 3.05) is 31.3 Å². The van der Waals surface area contributed by atoms with E-state index in [2.05, 4.69) is 10.3 Å². The minimum absolute atomic E-state index is 0.0116. The molecule has 3 N–H and O–H groups in total.